The Morgan fingerprint density at radius 3 is 3.00 bits per heavy atom. The quantitative estimate of drug-likeness (QED) is 0.788. The van der Waals surface area contributed by atoms with Crippen molar-refractivity contribution in [3.05, 3.63) is 52.8 Å². The summed E-state index contributed by atoms with van der Waals surface area (Å²) in [6.45, 7) is 3.42. The number of benzene rings is 1. The zero-order valence-electron chi connectivity index (χ0n) is 13.4. The molecule has 6 nitrogen and oxygen atoms in total. The molecule has 0 spiro atoms. The molecule has 0 fully saturated rings. The first-order valence-electron chi connectivity index (χ1n) is 8.02. The molecule has 0 radical (unpaired) electrons. The second kappa shape index (κ2) is 6.37. The first-order chi connectivity index (χ1) is 11.7. The lowest BCUT2D eigenvalue weighted by atomic mass is 10.1. The topological polar surface area (TPSA) is 68.8 Å². The third-order valence-corrected chi connectivity index (χ3v) is 4.48. The van der Waals surface area contributed by atoms with E-state index in [1.54, 1.807) is 0 Å². The molecule has 1 N–H and O–H groups in total. The number of aryl methyl sites for hydroxylation is 2. The maximum absolute atomic E-state index is 5.91. The van der Waals surface area contributed by atoms with Crippen LogP contribution in [0.25, 0.3) is 11.3 Å². The van der Waals surface area contributed by atoms with Gasteiger partial charge in [-0.3, -0.25) is 0 Å². The van der Waals surface area contributed by atoms with Crippen molar-refractivity contribution in [2.75, 3.05) is 0 Å². The molecule has 2 aromatic heterocycles. The molecule has 124 valence electrons. The highest BCUT2D eigenvalue weighted by atomic mass is 35.5. The van der Waals surface area contributed by atoms with Gasteiger partial charge in [-0.15, -0.1) is 0 Å². The van der Waals surface area contributed by atoms with Crippen molar-refractivity contribution in [2.45, 2.75) is 38.9 Å². The van der Waals surface area contributed by atoms with Gasteiger partial charge in [-0.2, -0.15) is 5.10 Å². The number of rotatable bonds is 4. The summed E-state index contributed by atoms with van der Waals surface area (Å²) in [5, 5.41) is 12.8. The largest absolute Gasteiger partial charge is 0.359 e. The van der Waals surface area contributed by atoms with Crippen LogP contribution in [-0.4, -0.2) is 26.0 Å². The lowest BCUT2D eigenvalue weighted by Crippen LogP contribution is -2.37. The number of hydrogen-bond donors (Lipinski definition) is 1. The lowest BCUT2D eigenvalue weighted by molar-refractivity contribution is 0.325. The molecule has 1 aliphatic heterocycles. The van der Waals surface area contributed by atoms with Crippen LogP contribution in [0.2, 0.25) is 5.02 Å². The Morgan fingerprint density at radius 1 is 1.33 bits per heavy atom. The Bertz CT molecular complexity index is 839. The molecular formula is C17H18ClN5O. The molecule has 3 aromatic rings. The van der Waals surface area contributed by atoms with Crippen LogP contribution >= 0.6 is 11.6 Å². The summed E-state index contributed by atoms with van der Waals surface area (Å²) in [4.78, 5) is 4.43. The van der Waals surface area contributed by atoms with Crippen molar-refractivity contribution in [1.82, 2.24) is 25.2 Å². The second-order valence-corrected chi connectivity index (χ2v) is 6.50. The molecule has 0 aliphatic carbocycles. The predicted molar refractivity (Wildman–Crippen MR) is 90.7 cm³/mol. The van der Waals surface area contributed by atoms with E-state index in [0.29, 0.717) is 17.6 Å². The summed E-state index contributed by atoms with van der Waals surface area (Å²) in [6.07, 6.45) is 2.00. The fraction of sp³-hybridized carbons (Fsp3) is 0.353. The fourth-order valence-corrected chi connectivity index (χ4v) is 3.12. The minimum Gasteiger partial charge on any atom is -0.359 e. The highest BCUT2D eigenvalue weighted by Gasteiger charge is 2.20. The van der Waals surface area contributed by atoms with Crippen molar-refractivity contribution in [3.63, 3.8) is 0 Å². The van der Waals surface area contributed by atoms with E-state index in [4.69, 9.17) is 16.1 Å². The maximum atomic E-state index is 5.91. The Morgan fingerprint density at radius 2 is 2.17 bits per heavy atom. The van der Waals surface area contributed by atoms with Crippen molar-refractivity contribution in [3.8, 4) is 11.3 Å². The molecule has 1 atom stereocenters. The van der Waals surface area contributed by atoms with Crippen LogP contribution in [0.15, 0.2) is 34.9 Å². The lowest BCUT2D eigenvalue weighted by Gasteiger charge is -2.23. The summed E-state index contributed by atoms with van der Waals surface area (Å²) in [5.74, 6) is 2.74. The first kappa shape index (κ1) is 15.4. The van der Waals surface area contributed by atoms with E-state index >= 15 is 0 Å². The van der Waals surface area contributed by atoms with Crippen molar-refractivity contribution in [1.29, 1.82) is 0 Å². The number of halogens is 1. The molecule has 4 rings (SSSR count). The molecule has 1 aliphatic rings. The molecule has 1 aromatic carbocycles. The van der Waals surface area contributed by atoms with Gasteiger partial charge < -0.3 is 9.84 Å². The summed E-state index contributed by atoms with van der Waals surface area (Å²) >= 11 is 5.91. The van der Waals surface area contributed by atoms with Crippen LogP contribution in [-0.2, 0) is 19.5 Å². The molecule has 0 amide bonds. The van der Waals surface area contributed by atoms with E-state index in [1.807, 2.05) is 41.9 Å². The highest BCUT2D eigenvalue weighted by molar-refractivity contribution is 6.30. The number of nitrogens with one attached hydrogen (secondary N) is 1. The zero-order valence-corrected chi connectivity index (χ0v) is 14.1. The Hall–Kier alpha value is -2.18. The molecular weight excluding hydrogens is 326 g/mol. The Kier molecular flexibility index (Phi) is 4.08. The van der Waals surface area contributed by atoms with E-state index in [0.717, 1.165) is 48.1 Å². The van der Waals surface area contributed by atoms with Gasteiger partial charge in [0.1, 0.15) is 17.3 Å². The Labute approximate surface area is 144 Å². The standard InChI is InChI=1S/C17H18ClN5O/c1-11-20-17-7-6-14(10-23(17)21-11)19-9-15-8-16(22-24-15)12-2-4-13(18)5-3-12/h2-5,8,14,19H,6-7,9-10H2,1H3/t14-/m1/s1. The number of nitrogens with zero attached hydrogens (tertiary/aromatic N) is 4. The SMILES string of the molecule is Cc1nc2n(n1)C[C@H](NCc1cc(-c3ccc(Cl)cc3)no1)CC2. The molecule has 0 saturated heterocycles. The van der Waals surface area contributed by atoms with Crippen molar-refractivity contribution < 1.29 is 4.52 Å². The summed E-state index contributed by atoms with van der Waals surface area (Å²) in [6, 6.07) is 9.90. The van der Waals surface area contributed by atoms with E-state index in [2.05, 4.69) is 20.6 Å². The van der Waals surface area contributed by atoms with E-state index < -0.39 is 0 Å². The molecule has 7 heteroatoms. The van der Waals surface area contributed by atoms with Crippen LogP contribution in [0.3, 0.4) is 0 Å². The highest BCUT2D eigenvalue weighted by Crippen LogP contribution is 2.21. The number of aromatic nitrogens is 4. The Balaban J connectivity index is 1.38. The molecule has 0 unspecified atom stereocenters. The average Bonchev–Trinajstić information content (AvgIpc) is 3.18. The van der Waals surface area contributed by atoms with Crippen molar-refractivity contribution in [2.24, 2.45) is 0 Å². The van der Waals surface area contributed by atoms with Gasteiger partial charge >= 0.3 is 0 Å². The van der Waals surface area contributed by atoms with Crippen molar-refractivity contribution >= 4 is 11.6 Å². The molecule has 0 saturated carbocycles. The van der Waals surface area contributed by atoms with E-state index in [1.165, 1.54) is 0 Å². The van der Waals surface area contributed by atoms with Crippen LogP contribution in [0.5, 0.6) is 0 Å². The number of fused-ring (bicyclic) bond motifs is 1. The second-order valence-electron chi connectivity index (χ2n) is 6.06. The van der Waals surface area contributed by atoms with Gasteiger partial charge in [-0.25, -0.2) is 9.67 Å². The van der Waals surface area contributed by atoms with Crippen LogP contribution in [0.4, 0.5) is 0 Å². The fourth-order valence-electron chi connectivity index (χ4n) is 3.00. The van der Waals surface area contributed by atoms with Gasteiger partial charge in [0.2, 0.25) is 0 Å². The third-order valence-electron chi connectivity index (χ3n) is 4.23. The van der Waals surface area contributed by atoms with Crippen LogP contribution < -0.4 is 5.32 Å². The molecule has 0 bridgehead atoms. The minimum atomic E-state index is 0.364. The summed E-state index contributed by atoms with van der Waals surface area (Å²) < 4.78 is 7.43. The zero-order chi connectivity index (χ0) is 16.5. The van der Waals surface area contributed by atoms with Gasteiger partial charge in [-0.05, 0) is 25.5 Å². The van der Waals surface area contributed by atoms with Gasteiger partial charge in [0, 0.05) is 29.1 Å². The van der Waals surface area contributed by atoms with Crippen LogP contribution in [0, 0.1) is 6.92 Å². The van der Waals surface area contributed by atoms with Gasteiger partial charge in [0.15, 0.2) is 5.76 Å². The monoisotopic (exact) mass is 343 g/mol. The maximum Gasteiger partial charge on any atom is 0.151 e. The van der Waals surface area contributed by atoms with E-state index in [-0.39, 0.29) is 0 Å². The summed E-state index contributed by atoms with van der Waals surface area (Å²) in [7, 11) is 0. The summed E-state index contributed by atoms with van der Waals surface area (Å²) in [5.41, 5.74) is 1.82. The van der Waals surface area contributed by atoms with Gasteiger partial charge in [0.05, 0.1) is 13.1 Å². The minimum absolute atomic E-state index is 0.364. The normalized spacial score (nSPS) is 17.0. The number of hydrogen-bond acceptors (Lipinski definition) is 5. The third kappa shape index (κ3) is 3.20. The smallest absolute Gasteiger partial charge is 0.151 e. The molecule has 3 heterocycles. The molecule has 24 heavy (non-hydrogen) atoms. The average molecular weight is 344 g/mol. The van der Waals surface area contributed by atoms with Gasteiger partial charge in [-0.1, -0.05) is 28.9 Å². The predicted octanol–water partition coefficient (Wildman–Crippen LogP) is 3.00. The van der Waals surface area contributed by atoms with E-state index in [9.17, 15) is 0 Å². The van der Waals surface area contributed by atoms with Crippen LogP contribution in [0.1, 0.15) is 23.8 Å². The van der Waals surface area contributed by atoms with Gasteiger partial charge in [0.25, 0.3) is 0 Å². The first-order valence-corrected chi connectivity index (χ1v) is 8.40.